The van der Waals surface area contributed by atoms with Crippen LogP contribution in [0, 0.1) is 0 Å². The monoisotopic (exact) mass is 762 g/mol. The third-order valence-corrected chi connectivity index (χ3v) is 10.6. The number of tetrazole rings is 1. The van der Waals surface area contributed by atoms with E-state index in [0.717, 1.165) is 39.8 Å². The molecule has 7 rings (SSSR count). The number of likely N-dealkylation sites (N-methyl/N-ethyl adjacent to an activating group) is 1. The summed E-state index contributed by atoms with van der Waals surface area (Å²) < 4.78 is 14.2. The largest absolute Gasteiger partial charge is 0.461 e. The molecule has 1 aliphatic rings. The van der Waals surface area contributed by atoms with Gasteiger partial charge in [0.05, 0.1) is 18.9 Å². The molecule has 1 atom stereocenters. The van der Waals surface area contributed by atoms with Crippen LogP contribution in [0.4, 0.5) is 5.69 Å². The lowest BCUT2D eigenvalue weighted by Crippen LogP contribution is -2.55. The second-order valence-corrected chi connectivity index (χ2v) is 14.9. The van der Waals surface area contributed by atoms with Gasteiger partial charge < -0.3 is 19.5 Å². The number of nitrogens with zero attached hydrogens (tertiary/aromatic N) is 6. The van der Waals surface area contributed by atoms with Crippen LogP contribution in [0.25, 0.3) is 22.5 Å². The zero-order valence-corrected chi connectivity index (χ0v) is 33.5. The second kappa shape index (κ2) is 16.2. The average molecular weight is 763 g/mol. The van der Waals surface area contributed by atoms with E-state index in [1.165, 1.54) is 0 Å². The SMILES string of the molecule is CCCOC(=O)C1=C(C(C)(C)O)N(C)C(C)(OCCC)N1c1ccc(-c2ccccc2-c2nnnn2C(c2ccccc2)(c2ccccc2)c2ccccc2)cc1. The molecular weight excluding hydrogens is 713 g/mol. The van der Waals surface area contributed by atoms with Gasteiger partial charge in [-0.15, -0.1) is 5.10 Å². The Bertz CT molecular complexity index is 2220. The summed E-state index contributed by atoms with van der Waals surface area (Å²) in [5.74, 6) is -1.07. The zero-order valence-electron chi connectivity index (χ0n) is 33.5. The number of aromatic nitrogens is 4. The summed E-state index contributed by atoms with van der Waals surface area (Å²) in [5.41, 5.74) is 4.76. The fourth-order valence-corrected chi connectivity index (χ4v) is 8.01. The highest BCUT2D eigenvalue weighted by Gasteiger charge is 2.54. The standard InChI is InChI=1S/C47H50N6O4/c1-7-32-56-44(54)41-42(45(3,4)55)51(6)46(5,57-33-8-2)52(41)38-30-28-34(29-31-38)39-26-18-19-27-40(39)43-48-49-50-53(43)47(35-20-12-9-13-21-35,36-22-14-10-15-23-36)37-24-16-11-17-25-37/h9-31,55H,7-8,32-33H2,1-6H3. The number of anilines is 1. The Morgan fingerprint density at radius 1 is 0.719 bits per heavy atom. The lowest BCUT2D eigenvalue weighted by atomic mass is 9.77. The van der Waals surface area contributed by atoms with Crippen LogP contribution in [-0.4, -0.2) is 67.9 Å². The Kier molecular flexibility index (Phi) is 11.1. The summed E-state index contributed by atoms with van der Waals surface area (Å²) in [7, 11) is 1.84. The van der Waals surface area contributed by atoms with Gasteiger partial charge in [-0.25, -0.2) is 9.48 Å². The number of carbonyl (C=O) groups is 1. The normalized spacial score (nSPS) is 16.0. The predicted octanol–water partition coefficient (Wildman–Crippen LogP) is 8.64. The summed E-state index contributed by atoms with van der Waals surface area (Å²) >= 11 is 0. The average Bonchev–Trinajstić information content (AvgIpc) is 3.82. The van der Waals surface area contributed by atoms with E-state index in [9.17, 15) is 9.90 Å². The summed E-state index contributed by atoms with van der Waals surface area (Å²) in [5, 5.41) is 25.3. The number of hydrogen-bond donors (Lipinski definition) is 1. The third-order valence-electron chi connectivity index (χ3n) is 10.6. The Balaban J connectivity index is 1.38. The molecule has 1 aliphatic heterocycles. The molecule has 1 unspecified atom stereocenters. The van der Waals surface area contributed by atoms with Crippen LogP contribution in [0.2, 0.25) is 0 Å². The first-order valence-corrected chi connectivity index (χ1v) is 19.5. The quantitative estimate of drug-likeness (QED) is 0.0863. The van der Waals surface area contributed by atoms with Crippen molar-refractivity contribution in [3.63, 3.8) is 0 Å². The van der Waals surface area contributed by atoms with E-state index >= 15 is 0 Å². The van der Waals surface area contributed by atoms with Crippen LogP contribution in [0.1, 0.15) is 64.2 Å². The molecule has 10 heteroatoms. The van der Waals surface area contributed by atoms with Crippen molar-refractivity contribution in [1.82, 2.24) is 25.1 Å². The van der Waals surface area contributed by atoms with Crippen LogP contribution >= 0.6 is 0 Å². The number of benzene rings is 5. The van der Waals surface area contributed by atoms with Crippen molar-refractivity contribution in [3.8, 4) is 22.5 Å². The van der Waals surface area contributed by atoms with Gasteiger partial charge in [-0.2, -0.15) is 0 Å². The Labute approximate surface area is 335 Å². The summed E-state index contributed by atoms with van der Waals surface area (Å²) in [6.45, 7) is 9.93. The van der Waals surface area contributed by atoms with Crippen molar-refractivity contribution in [1.29, 1.82) is 0 Å². The fraction of sp³-hybridized carbons (Fsp3) is 0.277. The van der Waals surface area contributed by atoms with Gasteiger partial charge in [0.15, 0.2) is 11.5 Å². The van der Waals surface area contributed by atoms with Crippen LogP contribution in [0.5, 0.6) is 0 Å². The molecule has 1 aromatic heterocycles. The zero-order chi connectivity index (χ0) is 40.2. The number of carbonyl (C=O) groups excluding carboxylic acids is 1. The van der Waals surface area contributed by atoms with Crippen molar-refractivity contribution < 1.29 is 19.4 Å². The van der Waals surface area contributed by atoms with Crippen molar-refractivity contribution in [3.05, 3.63) is 168 Å². The van der Waals surface area contributed by atoms with Crippen LogP contribution in [-0.2, 0) is 19.8 Å². The van der Waals surface area contributed by atoms with Gasteiger partial charge in [0.2, 0.25) is 5.85 Å². The van der Waals surface area contributed by atoms with Gasteiger partial charge in [0.1, 0.15) is 11.1 Å². The molecular formula is C47H50N6O4. The molecule has 0 saturated carbocycles. The van der Waals surface area contributed by atoms with Crippen molar-refractivity contribution in [2.24, 2.45) is 0 Å². The lowest BCUT2D eigenvalue weighted by Gasteiger charge is -2.43. The topological polar surface area (TPSA) is 106 Å². The molecule has 0 bridgehead atoms. The lowest BCUT2D eigenvalue weighted by molar-refractivity contribution is -0.140. The molecule has 57 heavy (non-hydrogen) atoms. The first-order chi connectivity index (χ1) is 27.6. The van der Waals surface area contributed by atoms with Gasteiger partial charge in [0.25, 0.3) is 0 Å². The van der Waals surface area contributed by atoms with Crippen molar-refractivity contribution in [2.45, 2.75) is 64.4 Å². The summed E-state index contributed by atoms with van der Waals surface area (Å²) in [6, 6.07) is 47.1. The van der Waals surface area contributed by atoms with Gasteiger partial charge in [-0.3, -0.25) is 4.90 Å². The minimum Gasteiger partial charge on any atom is -0.461 e. The van der Waals surface area contributed by atoms with Crippen LogP contribution in [0.15, 0.2) is 151 Å². The molecule has 2 heterocycles. The van der Waals surface area contributed by atoms with E-state index in [1.807, 2.05) is 139 Å². The van der Waals surface area contributed by atoms with Crippen LogP contribution in [0.3, 0.4) is 0 Å². The van der Waals surface area contributed by atoms with E-state index in [4.69, 9.17) is 19.8 Å². The van der Waals surface area contributed by atoms with Gasteiger partial charge in [-0.05, 0) is 77.1 Å². The molecule has 292 valence electrons. The highest BCUT2D eigenvalue weighted by Crippen LogP contribution is 2.47. The van der Waals surface area contributed by atoms with Gasteiger partial charge >= 0.3 is 5.97 Å². The second-order valence-electron chi connectivity index (χ2n) is 14.9. The Morgan fingerprint density at radius 2 is 1.23 bits per heavy atom. The van der Waals surface area contributed by atoms with Crippen LogP contribution < -0.4 is 4.90 Å². The Morgan fingerprint density at radius 3 is 1.74 bits per heavy atom. The molecule has 0 amide bonds. The van der Waals surface area contributed by atoms with Gasteiger partial charge in [-0.1, -0.05) is 141 Å². The molecule has 0 aliphatic carbocycles. The molecule has 5 aromatic carbocycles. The molecule has 1 N–H and O–H groups in total. The molecule has 10 nitrogen and oxygen atoms in total. The minimum atomic E-state index is -1.38. The Hall–Kier alpha value is -6.10. The maximum Gasteiger partial charge on any atom is 0.357 e. The van der Waals surface area contributed by atoms with E-state index in [0.29, 0.717) is 30.2 Å². The summed E-state index contributed by atoms with van der Waals surface area (Å²) in [6.07, 6.45) is 1.43. The van der Waals surface area contributed by atoms with Gasteiger partial charge in [0, 0.05) is 25.2 Å². The number of esters is 1. The predicted molar refractivity (Wildman–Crippen MR) is 223 cm³/mol. The third kappa shape index (κ3) is 7.00. The summed E-state index contributed by atoms with van der Waals surface area (Å²) in [4.78, 5) is 17.6. The van der Waals surface area contributed by atoms with E-state index < -0.39 is 23.0 Å². The first kappa shape index (κ1) is 39.1. The molecule has 0 spiro atoms. The highest BCUT2D eigenvalue weighted by atomic mass is 16.5. The fourth-order valence-electron chi connectivity index (χ4n) is 8.01. The molecule has 0 fully saturated rings. The number of hydrogen-bond acceptors (Lipinski definition) is 9. The van der Waals surface area contributed by atoms with E-state index in [1.54, 1.807) is 13.8 Å². The number of rotatable bonds is 14. The van der Waals surface area contributed by atoms with E-state index in [-0.39, 0.29) is 12.3 Å². The minimum absolute atomic E-state index is 0.239. The maximum atomic E-state index is 13.9. The first-order valence-electron chi connectivity index (χ1n) is 19.5. The van der Waals surface area contributed by atoms with E-state index in [2.05, 4.69) is 47.7 Å². The highest BCUT2D eigenvalue weighted by molar-refractivity contribution is 5.96. The maximum absolute atomic E-state index is 13.9. The molecule has 0 radical (unpaired) electrons. The smallest absolute Gasteiger partial charge is 0.357 e. The van der Waals surface area contributed by atoms with Crippen molar-refractivity contribution in [2.75, 3.05) is 25.2 Å². The number of ether oxygens (including phenoxy) is 2. The van der Waals surface area contributed by atoms with Crippen molar-refractivity contribution >= 4 is 11.7 Å². The molecule has 0 saturated heterocycles. The number of aliphatic hydroxyl groups is 1. The molecule has 6 aromatic rings.